The Morgan fingerprint density at radius 1 is 1.40 bits per heavy atom. The van der Waals surface area contributed by atoms with Gasteiger partial charge in [0.05, 0.1) is 18.2 Å². The SMILES string of the molecule is CCOC(=O)C1=C(C)NC(=O)N[C@@H]1c1ccccc1O. The van der Waals surface area contributed by atoms with Crippen LogP contribution in [0, 0.1) is 0 Å². The Bertz CT molecular complexity index is 580. The summed E-state index contributed by atoms with van der Waals surface area (Å²) in [5.74, 6) is -0.514. The van der Waals surface area contributed by atoms with E-state index in [1.54, 1.807) is 32.0 Å². The molecular formula is C14H16N2O4. The molecule has 1 atom stereocenters. The summed E-state index contributed by atoms with van der Waals surface area (Å²) in [5, 5.41) is 15.1. The van der Waals surface area contributed by atoms with Gasteiger partial charge in [0.1, 0.15) is 5.75 Å². The first-order valence-corrected chi connectivity index (χ1v) is 6.28. The molecule has 0 radical (unpaired) electrons. The van der Waals surface area contributed by atoms with Gasteiger partial charge in [0.2, 0.25) is 0 Å². The van der Waals surface area contributed by atoms with Crippen molar-refractivity contribution < 1.29 is 19.4 Å². The molecule has 0 bridgehead atoms. The molecule has 2 amide bonds. The maximum atomic E-state index is 12.1. The van der Waals surface area contributed by atoms with Crippen molar-refractivity contribution in [1.29, 1.82) is 0 Å². The summed E-state index contributed by atoms with van der Waals surface area (Å²) in [6.45, 7) is 3.56. The quantitative estimate of drug-likeness (QED) is 0.731. The Kier molecular flexibility index (Phi) is 3.93. The molecule has 106 valence electrons. The van der Waals surface area contributed by atoms with Crippen LogP contribution in [0.2, 0.25) is 0 Å². The molecule has 1 aromatic carbocycles. The third-order valence-electron chi connectivity index (χ3n) is 3.01. The van der Waals surface area contributed by atoms with Crippen LogP contribution >= 0.6 is 0 Å². The van der Waals surface area contributed by atoms with E-state index in [0.29, 0.717) is 11.3 Å². The number of allylic oxidation sites excluding steroid dienone is 1. The molecule has 0 unspecified atom stereocenters. The van der Waals surface area contributed by atoms with Crippen molar-refractivity contribution >= 4 is 12.0 Å². The number of benzene rings is 1. The van der Waals surface area contributed by atoms with E-state index in [1.165, 1.54) is 6.07 Å². The van der Waals surface area contributed by atoms with E-state index in [9.17, 15) is 14.7 Å². The molecule has 6 heteroatoms. The summed E-state index contributed by atoms with van der Waals surface area (Å²) in [7, 11) is 0. The number of nitrogens with one attached hydrogen (secondary N) is 2. The number of hydrogen-bond acceptors (Lipinski definition) is 4. The number of aromatic hydroxyl groups is 1. The Morgan fingerprint density at radius 3 is 2.75 bits per heavy atom. The van der Waals surface area contributed by atoms with E-state index in [1.807, 2.05) is 0 Å². The second-order valence-electron chi connectivity index (χ2n) is 4.35. The van der Waals surface area contributed by atoms with Gasteiger partial charge in [-0.15, -0.1) is 0 Å². The average molecular weight is 276 g/mol. The van der Waals surface area contributed by atoms with Gasteiger partial charge in [-0.25, -0.2) is 9.59 Å². The maximum Gasteiger partial charge on any atom is 0.338 e. The molecule has 1 heterocycles. The number of hydrogen-bond donors (Lipinski definition) is 3. The number of phenolic OH excluding ortho intramolecular Hbond substituents is 1. The normalized spacial score (nSPS) is 18.3. The predicted octanol–water partition coefficient (Wildman–Crippen LogP) is 1.58. The number of amides is 2. The van der Waals surface area contributed by atoms with E-state index in [-0.39, 0.29) is 17.9 Å². The lowest BCUT2D eigenvalue weighted by Crippen LogP contribution is -2.45. The van der Waals surface area contributed by atoms with E-state index in [2.05, 4.69) is 10.6 Å². The number of ether oxygens (including phenoxy) is 1. The highest BCUT2D eigenvalue weighted by molar-refractivity contribution is 5.95. The smallest absolute Gasteiger partial charge is 0.338 e. The number of urea groups is 1. The molecule has 0 saturated carbocycles. The van der Waals surface area contributed by atoms with Crippen LogP contribution in [-0.4, -0.2) is 23.7 Å². The molecule has 0 aromatic heterocycles. The molecule has 0 spiro atoms. The highest BCUT2D eigenvalue weighted by Crippen LogP contribution is 2.32. The second kappa shape index (κ2) is 5.64. The van der Waals surface area contributed by atoms with Gasteiger partial charge in [0, 0.05) is 11.3 Å². The van der Waals surface area contributed by atoms with Gasteiger partial charge in [-0.05, 0) is 19.9 Å². The van der Waals surface area contributed by atoms with Crippen molar-refractivity contribution in [2.75, 3.05) is 6.61 Å². The zero-order valence-corrected chi connectivity index (χ0v) is 11.3. The van der Waals surface area contributed by atoms with Crippen molar-refractivity contribution in [3.8, 4) is 5.75 Å². The summed E-state index contributed by atoms with van der Waals surface area (Å²) >= 11 is 0. The van der Waals surface area contributed by atoms with E-state index in [4.69, 9.17) is 4.74 Å². The van der Waals surface area contributed by atoms with Crippen LogP contribution in [0.3, 0.4) is 0 Å². The molecule has 3 N–H and O–H groups in total. The molecule has 2 rings (SSSR count). The minimum atomic E-state index is -0.732. The van der Waals surface area contributed by atoms with Crippen LogP contribution in [0.4, 0.5) is 4.79 Å². The van der Waals surface area contributed by atoms with Gasteiger partial charge >= 0.3 is 12.0 Å². The largest absolute Gasteiger partial charge is 0.508 e. The van der Waals surface area contributed by atoms with Gasteiger partial charge in [0.25, 0.3) is 0 Å². The lowest BCUT2D eigenvalue weighted by Gasteiger charge is -2.28. The van der Waals surface area contributed by atoms with Crippen molar-refractivity contribution in [3.05, 3.63) is 41.1 Å². The van der Waals surface area contributed by atoms with Crippen molar-refractivity contribution in [2.45, 2.75) is 19.9 Å². The van der Waals surface area contributed by atoms with E-state index < -0.39 is 18.0 Å². The summed E-state index contributed by atoms with van der Waals surface area (Å²) in [4.78, 5) is 23.7. The van der Waals surface area contributed by atoms with Crippen LogP contribution in [0.15, 0.2) is 35.5 Å². The first-order chi connectivity index (χ1) is 9.54. The molecule has 0 fully saturated rings. The molecule has 1 aromatic rings. The first-order valence-electron chi connectivity index (χ1n) is 6.28. The molecule has 1 aliphatic heterocycles. The van der Waals surface area contributed by atoms with Crippen molar-refractivity contribution in [1.82, 2.24) is 10.6 Å². The zero-order chi connectivity index (χ0) is 14.7. The standard InChI is InChI=1S/C14H16N2O4/c1-3-20-13(18)11-8(2)15-14(19)16-12(11)9-6-4-5-7-10(9)17/h4-7,12,17H,3H2,1-2H3,(H2,15,16,19)/t12-/m1/s1. The summed E-state index contributed by atoms with van der Waals surface area (Å²) < 4.78 is 5.01. The van der Waals surface area contributed by atoms with Crippen LogP contribution < -0.4 is 10.6 Å². The Balaban J connectivity index is 2.48. The maximum absolute atomic E-state index is 12.1. The Morgan fingerprint density at radius 2 is 2.10 bits per heavy atom. The number of esters is 1. The summed E-state index contributed by atoms with van der Waals surface area (Å²) in [6.07, 6.45) is 0. The highest BCUT2D eigenvalue weighted by Gasteiger charge is 2.33. The molecule has 1 aliphatic rings. The third-order valence-corrected chi connectivity index (χ3v) is 3.01. The number of para-hydroxylation sites is 1. The van der Waals surface area contributed by atoms with Gasteiger partial charge in [-0.3, -0.25) is 0 Å². The fourth-order valence-corrected chi connectivity index (χ4v) is 2.14. The van der Waals surface area contributed by atoms with Crippen LogP contribution in [0.1, 0.15) is 25.5 Å². The number of phenols is 1. The number of carbonyl (C=O) groups excluding carboxylic acids is 2. The molecular weight excluding hydrogens is 260 g/mol. The van der Waals surface area contributed by atoms with Gasteiger partial charge < -0.3 is 20.5 Å². The average Bonchev–Trinajstić information content (AvgIpc) is 2.38. The van der Waals surface area contributed by atoms with Gasteiger partial charge in [-0.1, -0.05) is 18.2 Å². The summed E-state index contributed by atoms with van der Waals surface area (Å²) in [5.41, 5.74) is 1.15. The monoisotopic (exact) mass is 276 g/mol. The van der Waals surface area contributed by atoms with Gasteiger partial charge in [0.15, 0.2) is 0 Å². The minimum absolute atomic E-state index is 0.00861. The van der Waals surface area contributed by atoms with Crippen LogP contribution in [0.25, 0.3) is 0 Å². The highest BCUT2D eigenvalue weighted by atomic mass is 16.5. The van der Waals surface area contributed by atoms with E-state index >= 15 is 0 Å². The molecule has 0 aliphatic carbocycles. The van der Waals surface area contributed by atoms with Crippen LogP contribution in [0.5, 0.6) is 5.75 Å². The predicted molar refractivity (Wildman–Crippen MR) is 71.8 cm³/mol. The molecule has 6 nitrogen and oxygen atoms in total. The second-order valence-corrected chi connectivity index (χ2v) is 4.35. The zero-order valence-electron chi connectivity index (χ0n) is 11.3. The number of carbonyl (C=O) groups is 2. The topological polar surface area (TPSA) is 87.7 Å². The molecule has 0 saturated heterocycles. The number of rotatable bonds is 3. The molecule has 20 heavy (non-hydrogen) atoms. The van der Waals surface area contributed by atoms with Crippen molar-refractivity contribution in [2.24, 2.45) is 0 Å². The lowest BCUT2D eigenvalue weighted by atomic mass is 9.95. The lowest BCUT2D eigenvalue weighted by molar-refractivity contribution is -0.139. The van der Waals surface area contributed by atoms with Crippen molar-refractivity contribution in [3.63, 3.8) is 0 Å². The minimum Gasteiger partial charge on any atom is -0.508 e. The Labute approximate surface area is 116 Å². The van der Waals surface area contributed by atoms with E-state index in [0.717, 1.165) is 0 Å². The third kappa shape index (κ3) is 2.59. The van der Waals surface area contributed by atoms with Crippen LogP contribution in [-0.2, 0) is 9.53 Å². The fraction of sp³-hybridized carbons (Fsp3) is 0.286. The summed E-state index contributed by atoms with van der Waals surface area (Å²) in [6, 6.07) is 5.39. The first kappa shape index (κ1) is 13.9. The van der Waals surface area contributed by atoms with Gasteiger partial charge in [-0.2, -0.15) is 0 Å². The fourth-order valence-electron chi connectivity index (χ4n) is 2.14. The Hall–Kier alpha value is -2.50.